The largest absolute Gasteiger partial charge is 0.417 e. The Balaban J connectivity index is 1.42. The van der Waals surface area contributed by atoms with Crippen LogP contribution in [0.3, 0.4) is 0 Å². The minimum atomic E-state index is -4.35. The topological polar surface area (TPSA) is 28.2 Å². The van der Waals surface area contributed by atoms with Crippen LogP contribution in [-0.2, 0) is 12.7 Å². The number of rotatable bonds is 5. The highest BCUT2D eigenvalue weighted by Crippen LogP contribution is 2.49. The van der Waals surface area contributed by atoms with Gasteiger partial charge >= 0.3 is 6.18 Å². The van der Waals surface area contributed by atoms with E-state index in [1.165, 1.54) is 18.1 Å². The molecule has 0 unspecified atom stereocenters. The third-order valence-corrected chi connectivity index (χ3v) is 5.72. The molecule has 2 saturated heterocycles. The van der Waals surface area contributed by atoms with Crippen LogP contribution in [0.5, 0.6) is 0 Å². The second kappa shape index (κ2) is 6.58. The molecule has 2 bridgehead atoms. The highest BCUT2D eigenvalue weighted by molar-refractivity contribution is 5.37. The lowest BCUT2D eigenvalue weighted by atomic mass is 9.62. The normalized spacial score (nSPS) is 25.6. The van der Waals surface area contributed by atoms with Gasteiger partial charge in [0, 0.05) is 24.8 Å². The van der Waals surface area contributed by atoms with Crippen molar-refractivity contribution in [2.24, 2.45) is 5.92 Å². The Morgan fingerprint density at radius 3 is 2.54 bits per heavy atom. The number of halogens is 3. The van der Waals surface area contributed by atoms with Crippen molar-refractivity contribution in [3.8, 4) is 0 Å². The number of piperidine rings is 2. The van der Waals surface area contributed by atoms with E-state index in [1.54, 1.807) is 0 Å². The number of benzene rings is 1. The number of nitrogens with one attached hydrogen (secondary N) is 1. The van der Waals surface area contributed by atoms with Crippen LogP contribution in [0.25, 0.3) is 0 Å². The number of nitrogens with zero attached hydrogens (tertiary/aromatic N) is 2. The second-order valence-corrected chi connectivity index (χ2v) is 7.48. The van der Waals surface area contributed by atoms with Gasteiger partial charge < -0.3 is 5.32 Å². The highest BCUT2D eigenvalue weighted by Gasteiger charge is 2.51. The summed E-state index contributed by atoms with van der Waals surface area (Å²) in [6, 6.07) is 12.9. The first-order valence-electron chi connectivity index (χ1n) is 9.01. The van der Waals surface area contributed by atoms with E-state index in [0.717, 1.165) is 44.1 Å². The predicted octanol–water partition coefficient (Wildman–Crippen LogP) is 4.57. The SMILES string of the molecule is FC(F)(F)c1ccc(NCC23CC(CCN2Cc2ccccc2)C3)nc1. The van der Waals surface area contributed by atoms with E-state index >= 15 is 0 Å². The van der Waals surface area contributed by atoms with Crippen LogP contribution in [0.2, 0.25) is 0 Å². The highest BCUT2D eigenvalue weighted by atomic mass is 19.4. The summed E-state index contributed by atoms with van der Waals surface area (Å²) in [5.74, 6) is 1.28. The van der Waals surface area contributed by atoms with Gasteiger partial charge in [0.05, 0.1) is 5.56 Å². The van der Waals surface area contributed by atoms with Crippen LogP contribution < -0.4 is 5.32 Å². The molecule has 2 aromatic rings. The molecule has 6 heteroatoms. The molecular weight excluding hydrogens is 339 g/mol. The minimum absolute atomic E-state index is 0.0864. The third kappa shape index (κ3) is 3.43. The average molecular weight is 361 g/mol. The van der Waals surface area contributed by atoms with Crippen molar-refractivity contribution in [2.75, 3.05) is 18.4 Å². The van der Waals surface area contributed by atoms with Gasteiger partial charge in [-0.2, -0.15) is 13.2 Å². The Bertz CT molecular complexity index is 737. The summed E-state index contributed by atoms with van der Waals surface area (Å²) in [5.41, 5.74) is 0.668. The molecule has 5 rings (SSSR count). The van der Waals surface area contributed by atoms with E-state index < -0.39 is 11.7 Å². The molecule has 1 N–H and O–H groups in total. The standard InChI is InChI=1S/C20H22F3N3/c21-20(22,23)17-6-7-18(24-12-17)25-14-19-10-16(11-19)8-9-26(19)13-15-4-2-1-3-5-15/h1-7,12,16H,8-11,13-14H2,(H,24,25). The van der Waals surface area contributed by atoms with Crippen molar-refractivity contribution in [3.63, 3.8) is 0 Å². The zero-order valence-electron chi connectivity index (χ0n) is 14.5. The van der Waals surface area contributed by atoms with Gasteiger partial charge in [-0.1, -0.05) is 30.3 Å². The lowest BCUT2D eigenvalue weighted by Gasteiger charge is -2.59. The first-order valence-corrected chi connectivity index (χ1v) is 9.01. The lowest BCUT2D eigenvalue weighted by molar-refractivity contribution is -0.137. The Morgan fingerprint density at radius 2 is 1.88 bits per heavy atom. The fourth-order valence-corrected chi connectivity index (χ4v) is 4.28. The smallest absolute Gasteiger partial charge is 0.368 e. The van der Waals surface area contributed by atoms with E-state index in [2.05, 4.69) is 39.5 Å². The molecule has 138 valence electrons. The molecule has 1 aliphatic carbocycles. The van der Waals surface area contributed by atoms with Crippen LogP contribution in [0.15, 0.2) is 48.7 Å². The molecule has 1 aromatic heterocycles. The van der Waals surface area contributed by atoms with Gasteiger partial charge in [-0.25, -0.2) is 4.98 Å². The Hall–Kier alpha value is -2.08. The number of pyridine rings is 1. The summed E-state index contributed by atoms with van der Waals surface area (Å²) in [4.78, 5) is 6.46. The molecule has 3 aliphatic rings. The molecule has 0 spiro atoms. The molecule has 3 nitrogen and oxygen atoms in total. The predicted molar refractivity (Wildman–Crippen MR) is 94.7 cm³/mol. The Morgan fingerprint density at radius 1 is 1.12 bits per heavy atom. The first kappa shape index (κ1) is 17.3. The molecule has 0 radical (unpaired) electrons. The molecule has 3 fully saturated rings. The van der Waals surface area contributed by atoms with Gasteiger partial charge in [-0.05, 0) is 49.4 Å². The van der Waals surface area contributed by atoms with E-state index in [0.29, 0.717) is 12.4 Å². The van der Waals surface area contributed by atoms with Crippen molar-refractivity contribution in [3.05, 3.63) is 59.8 Å². The third-order valence-electron chi connectivity index (χ3n) is 5.72. The van der Waals surface area contributed by atoms with E-state index in [-0.39, 0.29) is 5.54 Å². The fraction of sp³-hybridized carbons (Fsp3) is 0.450. The molecule has 3 heterocycles. The average Bonchev–Trinajstić information content (AvgIpc) is 2.60. The number of alkyl halides is 3. The number of fused-ring (bicyclic) bond motifs is 2. The number of anilines is 1. The van der Waals surface area contributed by atoms with Crippen LogP contribution in [0.1, 0.15) is 30.4 Å². The van der Waals surface area contributed by atoms with Crippen LogP contribution in [0.4, 0.5) is 19.0 Å². The molecular formula is C20H22F3N3. The maximum absolute atomic E-state index is 12.7. The van der Waals surface area contributed by atoms with Gasteiger partial charge in [-0.3, -0.25) is 4.90 Å². The quantitative estimate of drug-likeness (QED) is 0.846. The molecule has 0 atom stereocenters. The first-order chi connectivity index (χ1) is 12.4. The lowest BCUT2D eigenvalue weighted by Crippen LogP contribution is -2.65. The van der Waals surface area contributed by atoms with Crippen molar-refractivity contribution < 1.29 is 13.2 Å². The Labute approximate surface area is 151 Å². The van der Waals surface area contributed by atoms with Crippen molar-refractivity contribution in [1.82, 2.24) is 9.88 Å². The van der Waals surface area contributed by atoms with E-state index in [9.17, 15) is 13.2 Å². The summed E-state index contributed by atoms with van der Waals surface area (Å²) in [6.45, 7) is 2.70. The monoisotopic (exact) mass is 361 g/mol. The van der Waals surface area contributed by atoms with E-state index in [4.69, 9.17) is 0 Å². The second-order valence-electron chi connectivity index (χ2n) is 7.48. The van der Waals surface area contributed by atoms with Crippen LogP contribution in [0, 0.1) is 5.92 Å². The van der Waals surface area contributed by atoms with Gasteiger partial charge in [0.2, 0.25) is 0 Å². The Kier molecular flexibility index (Phi) is 4.39. The summed E-state index contributed by atoms with van der Waals surface area (Å²) in [5, 5.41) is 3.27. The summed E-state index contributed by atoms with van der Waals surface area (Å²) in [6.07, 6.45) is 0.0709. The van der Waals surface area contributed by atoms with Crippen LogP contribution >= 0.6 is 0 Å². The summed E-state index contributed by atoms with van der Waals surface area (Å²) < 4.78 is 38.0. The van der Waals surface area contributed by atoms with Crippen molar-refractivity contribution in [2.45, 2.75) is 37.5 Å². The fourth-order valence-electron chi connectivity index (χ4n) is 4.28. The molecule has 1 aromatic carbocycles. The maximum Gasteiger partial charge on any atom is 0.417 e. The summed E-state index contributed by atoms with van der Waals surface area (Å²) >= 11 is 0. The van der Waals surface area contributed by atoms with Gasteiger partial charge in [0.1, 0.15) is 5.82 Å². The van der Waals surface area contributed by atoms with E-state index in [1.807, 2.05) is 6.07 Å². The zero-order chi connectivity index (χ0) is 18.2. The molecule has 26 heavy (non-hydrogen) atoms. The zero-order valence-corrected chi connectivity index (χ0v) is 14.5. The number of hydrogen-bond acceptors (Lipinski definition) is 3. The van der Waals surface area contributed by atoms with Crippen LogP contribution in [-0.4, -0.2) is 28.5 Å². The molecule has 1 saturated carbocycles. The number of aromatic nitrogens is 1. The molecule has 0 amide bonds. The van der Waals surface area contributed by atoms with Crippen molar-refractivity contribution in [1.29, 1.82) is 0 Å². The van der Waals surface area contributed by atoms with Gasteiger partial charge in [-0.15, -0.1) is 0 Å². The van der Waals surface area contributed by atoms with Gasteiger partial charge in [0.25, 0.3) is 0 Å². The van der Waals surface area contributed by atoms with Crippen molar-refractivity contribution >= 4 is 5.82 Å². The maximum atomic E-state index is 12.7. The number of hydrogen-bond donors (Lipinski definition) is 1. The molecule has 2 aliphatic heterocycles. The summed E-state index contributed by atoms with van der Waals surface area (Å²) in [7, 11) is 0. The minimum Gasteiger partial charge on any atom is -0.368 e. The van der Waals surface area contributed by atoms with Gasteiger partial charge in [0.15, 0.2) is 0 Å².